The number of nitrogens with one attached hydrogen (secondary N) is 2. The first-order valence-corrected chi connectivity index (χ1v) is 10.4. The van der Waals surface area contributed by atoms with Crippen LogP contribution in [0.15, 0.2) is 23.0 Å². The first-order valence-electron chi connectivity index (χ1n) is 10.4. The summed E-state index contributed by atoms with van der Waals surface area (Å²) >= 11 is 0. The van der Waals surface area contributed by atoms with Crippen molar-refractivity contribution in [3.05, 3.63) is 51.1 Å². The van der Waals surface area contributed by atoms with Gasteiger partial charge in [0.25, 0.3) is 11.5 Å². The molecule has 1 saturated heterocycles. The molecule has 2 N–H and O–H groups in total. The second-order valence-electron chi connectivity index (χ2n) is 8.37. The molecular weight excluding hydrogens is 380 g/mol. The molecule has 0 aliphatic carbocycles. The zero-order valence-corrected chi connectivity index (χ0v) is 18.1. The van der Waals surface area contributed by atoms with E-state index in [1.54, 1.807) is 11.9 Å². The van der Waals surface area contributed by atoms with Gasteiger partial charge in [-0.15, -0.1) is 0 Å². The van der Waals surface area contributed by atoms with Crippen LogP contribution in [0.5, 0.6) is 0 Å². The summed E-state index contributed by atoms with van der Waals surface area (Å²) in [6.45, 7) is 8.42. The number of carbonyl (C=O) groups is 1. The van der Waals surface area contributed by atoms with E-state index in [9.17, 15) is 9.59 Å². The molecule has 0 bridgehead atoms. The number of hydrogen-bond donors (Lipinski definition) is 2. The number of aryl methyl sites for hydroxylation is 2. The summed E-state index contributed by atoms with van der Waals surface area (Å²) < 4.78 is 1.53. The number of fused-ring (bicyclic) bond motifs is 1. The van der Waals surface area contributed by atoms with Gasteiger partial charge in [-0.2, -0.15) is 5.10 Å². The van der Waals surface area contributed by atoms with Gasteiger partial charge in [-0.1, -0.05) is 0 Å². The highest BCUT2D eigenvalue weighted by atomic mass is 16.2. The fourth-order valence-electron chi connectivity index (χ4n) is 4.19. The van der Waals surface area contributed by atoms with Crippen molar-refractivity contribution in [1.29, 1.82) is 0 Å². The second-order valence-corrected chi connectivity index (χ2v) is 8.37. The number of aromatic nitrogens is 4. The van der Waals surface area contributed by atoms with Crippen molar-refractivity contribution >= 4 is 22.8 Å². The van der Waals surface area contributed by atoms with Gasteiger partial charge in [-0.05, 0) is 64.3 Å². The molecule has 8 heteroatoms. The minimum Gasteiger partial charge on any atom is -0.366 e. The van der Waals surface area contributed by atoms with E-state index in [2.05, 4.69) is 29.4 Å². The molecule has 30 heavy (non-hydrogen) atoms. The molecule has 0 radical (unpaired) electrons. The summed E-state index contributed by atoms with van der Waals surface area (Å²) in [7, 11) is 1.70. The fourth-order valence-corrected chi connectivity index (χ4v) is 4.19. The van der Waals surface area contributed by atoms with Crippen LogP contribution in [-0.4, -0.2) is 43.1 Å². The number of rotatable bonds is 4. The molecule has 1 amide bonds. The van der Waals surface area contributed by atoms with Crippen LogP contribution in [0.1, 0.15) is 60.0 Å². The topological polar surface area (TPSA) is 95.9 Å². The Morgan fingerprint density at radius 1 is 1.30 bits per heavy atom. The van der Waals surface area contributed by atoms with Gasteiger partial charge in [0.1, 0.15) is 5.56 Å². The average molecular weight is 409 g/mol. The summed E-state index contributed by atoms with van der Waals surface area (Å²) in [5.74, 6) is 0.557. The molecule has 4 rings (SSSR count). The van der Waals surface area contributed by atoms with Crippen LogP contribution in [0.3, 0.4) is 0 Å². The normalized spacial score (nSPS) is 16.6. The number of H-pyrrole nitrogens is 1. The molecule has 0 unspecified atom stereocenters. The van der Waals surface area contributed by atoms with Crippen molar-refractivity contribution in [2.24, 2.45) is 7.05 Å². The number of pyridine rings is 2. The lowest BCUT2D eigenvalue weighted by molar-refractivity contribution is 0.0730. The molecule has 3 aromatic rings. The smallest absolute Gasteiger partial charge is 0.263 e. The van der Waals surface area contributed by atoms with E-state index in [1.807, 2.05) is 32.0 Å². The van der Waals surface area contributed by atoms with Crippen molar-refractivity contribution in [2.45, 2.75) is 52.6 Å². The largest absolute Gasteiger partial charge is 0.366 e. The van der Waals surface area contributed by atoms with Gasteiger partial charge in [0, 0.05) is 25.3 Å². The third kappa shape index (κ3) is 3.36. The summed E-state index contributed by atoms with van der Waals surface area (Å²) in [5.41, 5.74) is 3.06. The molecule has 1 fully saturated rings. The number of amides is 1. The lowest BCUT2D eigenvalue weighted by atomic mass is 10.1. The van der Waals surface area contributed by atoms with Crippen LogP contribution in [0.25, 0.3) is 11.0 Å². The number of anilines is 1. The van der Waals surface area contributed by atoms with E-state index in [-0.39, 0.29) is 29.1 Å². The fraction of sp³-hybridized carbons (Fsp3) is 0.455. The molecule has 0 spiro atoms. The van der Waals surface area contributed by atoms with E-state index >= 15 is 0 Å². The first-order chi connectivity index (χ1) is 14.3. The number of carbonyl (C=O) groups excluding carboxylic acids is 1. The summed E-state index contributed by atoms with van der Waals surface area (Å²) in [6, 6.07) is 5.94. The summed E-state index contributed by atoms with van der Waals surface area (Å²) in [6.07, 6.45) is 1.70. The van der Waals surface area contributed by atoms with Crippen molar-refractivity contribution in [3.8, 4) is 0 Å². The van der Waals surface area contributed by atoms with E-state index in [0.717, 1.165) is 35.4 Å². The van der Waals surface area contributed by atoms with Gasteiger partial charge in [0.05, 0.1) is 17.1 Å². The SMILES string of the molecule is Cc1cc(C)n(C)c(=O)c1C(=O)N1CCC[C@@H]1c1ccc2c(NC(C)C)n[nH]c2n1. The first kappa shape index (κ1) is 20.1. The molecular formula is C22H28N6O2. The third-order valence-electron chi connectivity index (χ3n) is 5.81. The zero-order chi connectivity index (χ0) is 21.6. The van der Waals surface area contributed by atoms with Crippen LogP contribution in [-0.2, 0) is 7.05 Å². The Balaban J connectivity index is 1.68. The number of likely N-dealkylation sites (tertiary alicyclic amines) is 1. The van der Waals surface area contributed by atoms with Crippen molar-refractivity contribution < 1.29 is 4.79 Å². The predicted octanol–water partition coefficient (Wildman–Crippen LogP) is 3.07. The van der Waals surface area contributed by atoms with Crippen LogP contribution in [0, 0.1) is 13.8 Å². The van der Waals surface area contributed by atoms with Crippen molar-refractivity contribution in [1.82, 2.24) is 24.6 Å². The van der Waals surface area contributed by atoms with E-state index in [0.29, 0.717) is 17.8 Å². The Bertz CT molecular complexity index is 1180. The maximum absolute atomic E-state index is 13.4. The lowest BCUT2D eigenvalue weighted by Crippen LogP contribution is -2.37. The minimum atomic E-state index is -0.246. The number of hydrogen-bond acceptors (Lipinski definition) is 5. The minimum absolute atomic E-state index is 0.155. The van der Waals surface area contributed by atoms with E-state index < -0.39 is 0 Å². The molecule has 3 aromatic heterocycles. The van der Waals surface area contributed by atoms with E-state index in [1.165, 1.54) is 4.57 Å². The number of aromatic amines is 1. The van der Waals surface area contributed by atoms with Gasteiger partial charge in [-0.3, -0.25) is 14.7 Å². The number of nitrogens with zero attached hydrogens (tertiary/aromatic N) is 4. The van der Waals surface area contributed by atoms with Gasteiger partial charge >= 0.3 is 0 Å². The Kier molecular flexibility index (Phi) is 5.09. The van der Waals surface area contributed by atoms with Crippen molar-refractivity contribution in [2.75, 3.05) is 11.9 Å². The van der Waals surface area contributed by atoms with Crippen LogP contribution < -0.4 is 10.9 Å². The predicted molar refractivity (Wildman–Crippen MR) is 117 cm³/mol. The summed E-state index contributed by atoms with van der Waals surface area (Å²) in [5, 5.41) is 11.5. The molecule has 0 aromatic carbocycles. The molecule has 158 valence electrons. The maximum atomic E-state index is 13.4. The zero-order valence-electron chi connectivity index (χ0n) is 18.1. The van der Waals surface area contributed by atoms with Crippen LogP contribution in [0.2, 0.25) is 0 Å². The molecule has 8 nitrogen and oxygen atoms in total. The molecule has 1 aliphatic heterocycles. The molecule has 4 heterocycles. The summed E-state index contributed by atoms with van der Waals surface area (Å²) in [4.78, 5) is 32.7. The quantitative estimate of drug-likeness (QED) is 0.692. The van der Waals surface area contributed by atoms with Gasteiger partial charge in [-0.25, -0.2) is 4.98 Å². The monoisotopic (exact) mass is 408 g/mol. The highest BCUT2D eigenvalue weighted by Crippen LogP contribution is 2.33. The third-order valence-corrected chi connectivity index (χ3v) is 5.81. The van der Waals surface area contributed by atoms with Gasteiger partial charge < -0.3 is 14.8 Å². The highest BCUT2D eigenvalue weighted by Gasteiger charge is 2.34. The highest BCUT2D eigenvalue weighted by molar-refractivity contribution is 5.96. The van der Waals surface area contributed by atoms with Crippen LogP contribution in [0.4, 0.5) is 5.82 Å². The standard InChI is InChI=1S/C22H28N6O2/c1-12(2)23-19-15-8-9-16(24-20(15)26-25-19)17-7-6-10-28(17)22(30)18-13(3)11-14(4)27(5)21(18)29/h8-9,11-12,17H,6-7,10H2,1-5H3,(H2,23,24,25,26)/t17-/m1/s1. The second kappa shape index (κ2) is 7.59. The Morgan fingerprint density at radius 2 is 2.07 bits per heavy atom. The van der Waals surface area contributed by atoms with Crippen molar-refractivity contribution in [3.63, 3.8) is 0 Å². The van der Waals surface area contributed by atoms with Gasteiger partial charge in [0.2, 0.25) is 0 Å². The lowest BCUT2D eigenvalue weighted by Gasteiger charge is -2.25. The average Bonchev–Trinajstić information content (AvgIpc) is 3.33. The Hall–Kier alpha value is -3.16. The maximum Gasteiger partial charge on any atom is 0.263 e. The van der Waals surface area contributed by atoms with E-state index in [4.69, 9.17) is 4.98 Å². The molecule has 1 aliphatic rings. The Labute approximate surface area is 175 Å². The Morgan fingerprint density at radius 3 is 2.80 bits per heavy atom. The van der Waals surface area contributed by atoms with Gasteiger partial charge in [0.15, 0.2) is 11.5 Å². The molecule has 1 atom stereocenters. The van der Waals surface area contributed by atoms with Crippen LogP contribution >= 0.6 is 0 Å². The molecule has 0 saturated carbocycles.